The van der Waals surface area contributed by atoms with E-state index in [9.17, 15) is 4.79 Å². The van der Waals surface area contributed by atoms with Crippen LogP contribution in [0.5, 0.6) is 0 Å². The van der Waals surface area contributed by atoms with Gasteiger partial charge >= 0.3 is 0 Å². The van der Waals surface area contributed by atoms with Crippen LogP contribution >= 0.6 is 0 Å². The maximum Gasteiger partial charge on any atom is 0.223 e. The van der Waals surface area contributed by atoms with Crippen molar-refractivity contribution < 1.29 is 9.53 Å². The summed E-state index contributed by atoms with van der Waals surface area (Å²) in [6.07, 6.45) is 6.28. The third kappa shape index (κ3) is 3.77. The van der Waals surface area contributed by atoms with Crippen molar-refractivity contribution in [1.29, 1.82) is 0 Å². The summed E-state index contributed by atoms with van der Waals surface area (Å²) >= 11 is 0. The number of fused-ring (bicyclic) bond motifs is 1. The number of carbonyl (C=O) groups excluding carboxylic acids is 1. The second-order valence-electron chi connectivity index (χ2n) is 7.63. The van der Waals surface area contributed by atoms with E-state index in [1.54, 1.807) is 7.11 Å². The number of nitrogens with zero attached hydrogens (tertiary/aromatic N) is 5. The van der Waals surface area contributed by atoms with E-state index in [4.69, 9.17) is 4.74 Å². The van der Waals surface area contributed by atoms with E-state index in [1.807, 2.05) is 51.9 Å². The molecule has 2 atom stereocenters. The Morgan fingerprint density at radius 3 is 2.90 bits per heavy atom. The van der Waals surface area contributed by atoms with Gasteiger partial charge in [-0.1, -0.05) is 6.07 Å². The van der Waals surface area contributed by atoms with Gasteiger partial charge < -0.3 is 15.0 Å². The Bertz CT molecular complexity index is 994. The quantitative estimate of drug-likeness (QED) is 0.627. The van der Waals surface area contributed by atoms with Crippen LogP contribution in [0.1, 0.15) is 29.3 Å². The molecule has 0 saturated carbocycles. The summed E-state index contributed by atoms with van der Waals surface area (Å²) in [5, 5.41) is 12.4. The zero-order valence-electron chi connectivity index (χ0n) is 17.2. The van der Waals surface area contributed by atoms with Gasteiger partial charge in [0.05, 0.1) is 30.6 Å². The van der Waals surface area contributed by atoms with Crippen molar-refractivity contribution in [2.75, 3.05) is 26.8 Å². The third-order valence-corrected chi connectivity index (χ3v) is 5.90. The summed E-state index contributed by atoms with van der Waals surface area (Å²) in [5.41, 5.74) is 4.47. The number of hydrogen-bond acceptors (Lipinski definition) is 5. The van der Waals surface area contributed by atoms with E-state index >= 15 is 0 Å². The van der Waals surface area contributed by atoms with Gasteiger partial charge in [-0.15, -0.1) is 0 Å². The lowest BCUT2D eigenvalue weighted by atomic mass is 9.93. The number of ether oxygens (including phenoxy) is 1. The molecule has 0 unspecified atom stereocenters. The molecule has 3 aromatic rings. The Hall–Kier alpha value is -2.71. The first-order chi connectivity index (χ1) is 14.1. The molecule has 1 amide bonds. The Kier molecular flexibility index (Phi) is 5.64. The summed E-state index contributed by atoms with van der Waals surface area (Å²) < 4.78 is 8.99. The number of aryl methyl sites for hydroxylation is 1. The Labute approximate surface area is 170 Å². The molecule has 3 aromatic heterocycles. The zero-order chi connectivity index (χ0) is 20.4. The molecule has 4 heterocycles. The molecular formula is C21H28N6O2. The fraction of sp³-hybridized carbons (Fsp3) is 0.476. The van der Waals surface area contributed by atoms with Crippen LogP contribution in [0.15, 0.2) is 36.8 Å². The molecular weight excluding hydrogens is 368 g/mol. The topological polar surface area (TPSA) is 76.7 Å². The lowest BCUT2D eigenvalue weighted by molar-refractivity contribution is -0.129. The fourth-order valence-electron chi connectivity index (χ4n) is 4.24. The number of aromatic nitrogens is 4. The van der Waals surface area contributed by atoms with Crippen molar-refractivity contribution in [2.45, 2.75) is 25.9 Å². The van der Waals surface area contributed by atoms with E-state index in [2.05, 4.69) is 28.5 Å². The van der Waals surface area contributed by atoms with Crippen LogP contribution in [0.3, 0.4) is 0 Å². The highest BCUT2D eigenvalue weighted by Gasteiger charge is 2.41. The molecule has 0 radical (unpaired) electrons. The van der Waals surface area contributed by atoms with Crippen molar-refractivity contribution in [3.8, 4) is 0 Å². The summed E-state index contributed by atoms with van der Waals surface area (Å²) in [5.74, 6) is 0.363. The van der Waals surface area contributed by atoms with Gasteiger partial charge in [-0.2, -0.15) is 10.2 Å². The molecule has 1 fully saturated rings. The Morgan fingerprint density at radius 2 is 2.14 bits per heavy atom. The van der Waals surface area contributed by atoms with Gasteiger partial charge in [-0.3, -0.25) is 9.48 Å². The number of nitrogens with one attached hydrogen (secondary N) is 1. The first-order valence-electron chi connectivity index (χ1n) is 9.99. The minimum atomic E-state index is 0.0164. The standard InChI is InChI=1S/C21H28N6O2/c1-15-18(14-23-25(15)2)21-16(10-20(28)26(21)8-9-29-3)11-22-12-17-13-24-27-7-5-4-6-19(17)27/h4-7,13-14,16,21-22H,8-12H2,1-3H3/t16-,21+/m0/s1. The van der Waals surface area contributed by atoms with Crippen molar-refractivity contribution in [3.63, 3.8) is 0 Å². The summed E-state index contributed by atoms with van der Waals surface area (Å²) in [4.78, 5) is 14.7. The molecule has 1 saturated heterocycles. The number of pyridine rings is 1. The average molecular weight is 396 g/mol. The summed E-state index contributed by atoms with van der Waals surface area (Å²) in [6.45, 7) is 4.65. The molecule has 4 rings (SSSR count). The highest BCUT2D eigenvalue weighted by Crippen LogP contribution is 2.38. The predicted octanol–water partition coefficient (Wildman–Crippen LogP) is 1.70. The van der Waals surface area contributed by atoms with Crippen molar-refractivity contribution in [2.24, 2.45) is 13.0 Å². The monoisotopic (exact) mass is 396 g/mol. The Balaban J connectivity index is 1.50. The number of rotatable bonds is 8. The second-order valence-corrected chi connectivity index (χ2v) is 7.63. The lowest BCUT2D eigenvalue weighted by Crippen LogP contribution is -2.34. The molecule has 0 spiro atoms. The number of likely N-dealkylation sites (tertiary alicyclic amines) is 1. The van der Waals surface area contributed by atoms with E-state index in [0.29, 0.717) is 19.6 Å². The first-order valence-corrected chi connectivity index (χ1v) is 9.99. The van der Waals surface area contributed by atoms with E-state index in [0.717, 1.165) is 35.4 Å². The minimum Gasteiger partial charge on any atom is -0.383 e. The molecule has 1 N–H and O–H groups in total. The number of amides is 1. The normalized spacial score (nSPS) is 19.6. The molecule has 8 heteroatoms. The van der Waals surface area contributed by atoms with Crippen molar-refractivity contribution >= 4 is 11.4 Å². The molecule has 0 aliphatic carbocycles. The molecule has 29 heavy (non-hydrogen) atoms. The minimum absolute atomic E-state index is 0.0164. The van der Waals surface area contributed by atoms with Crippen LogP contribution in [0.25, 0.3) is 5.52 Å². The Morgan fingerprint density at radius 1 is 1.28 bits per heavy atom. The maximum atomic E-state index is 12.8. The van der Waals surface area contributed by atoms with Crippen LogP contribution in [0, 0.1) is 12.8 Å². The number of methoxy groups -OCH3 is 1. The van der Waals surface area contributed by atoms with E-state index < -0.39 is 0 Å². The van der Waals surface area contributed by atoms with Crippen LogP contribution in [-0.4, -0.2) is 57.0 Å². The van der Waals surface area contributed by atoms with Crippen LogP contribution in [0.4, 0.5) is 0 Å². The van der Waals surface area contributed by atoms with Crippen LogP contribution in [0.2, 0.25) is 0 Å². The fourth-order valence-corrected chi connectivity index (χ4v) is 4.24. The average Bonchev–Trinajstić information content (AvgIpc) is 3.37. The van der Waals surface area contributed by atoms with Gasteiger partial charge in [0.15, 0.2) is 0 Å². The van der Waals surface area contributed by atoms with Gasteiger partial charge in [0.1, 0.15) is 0 Å². The lowest BCUT2D eigenvalue weighted by Gasteiger charge is -2.28. The van der Waals surface area contributed by atoms with Crippen LogP contribution in [-0.2, 0) is 23.1 Å². The predicted molar refractivity (Wildman–Crippen MR) is 109 cm³/mol. The highest BCUT2D eigenvalue weighted by molar-refractivity contribution is 5.79. The summed E-state index contributed by atoms with van der Waals surface area (Å²) in [6, 6.07) is 6.07. The molecule has 0 bridgehead atoms. The second kappa shape index (κ2) is 8.34. The molecule has 154 valence electrons. The van der Waals surface area contributed by atoms with E-state index in [-0.39, 0.29) is 17.9 Å². The number of carbonyl (C=O) groups is 1. The van der Waals surface area contributed by atoms with Gasteiger partial charge in [0.25, 0.3) is 0 Å². The molecule has 1 aliphatic rings. The van der Waals surface area contributed by atoms with Gasteiger partial charge in [0, 0.05) is 69.1 Å². The third-order valence-electron chi connectivity index (χ3n) is 5.90. The zero-order valence-corrected chi connectivity index (χ0v) is 17.2. The maximum absolute atomic E-state index is 12.8. The van der Waals surface area contributed by atoms with E-state index in [1.165, 1.54) is 0 Å². The van der Waals surface area contributed by atoms with Crippen LogP contribution < -0.4 is 5.32 Å². The summed E-state index contributed by atoms with van der Waals surface area (Å²) in [7, 11) is 3.60. The smallest absolute Gasteiger partial charge is 0.223 e. The van der Waals surface area contributed by atoms with Crippen molar-refractivity contribution in [3.05, 3.63) is 53.6 Å². The highest BCUT2D eigenvalue weighted by atomic mass is 16.5. The van der Waals surface area contributed by atoms with Gasteiger partial charge in [-0.05, 0) is 19.1 Å². The number of hydrogen-bond donors (Lipinski definition) is 1. The molecule has 0 aromatic carbocycles. The molecule has 1 aliphatic heterocycles. The van der Waals surface area contributed by atoms with Crippen molar-refractivity contribution in [1.82, 2.24) is 29.6 Å². The van der Waals surface area contributed by atoms with Gasteiger partial charge in [0.2, 0.25) is 5.91 Å². The SMILES string of the molecule is COCCN1C(=O)C[C@@H](CNCc2cnn3ccccc23)[C@@H]1c1cnn(C)c1C. The largest absolute Gasteiger partial charge is 0.383 e. The first kappa shape index (κ1) is 19.6. The molecule has 8 nitrogen and oxygen atoms in total. The van der Waals surface area contributed by atoms with Gasteiger partial charge in [-0.25, -0.2) is 4.52 Å².